The van der Waals surface area contributed by atoms with Gasteiger partial charge in [-0.25, -0.2) is 14.6 Å². The molecule has 6 N–H and O–H groups in total. The number of esters is 2. The highest BCUT2D eigenvalue weighted by molar-refractivity contribution is 6.27. The van der Waals surface area contributed by atoms with Gasteiger partial charge in [-0.05, 0) is 135 Å². The first-order valence-electron chi connectivity index (χ1n) is 24.7. The van der Waals surface area contributed by atoms with Gasteiger partial charge in [0.1, 0.15) is 17.2 Å². The summed E-state index contributed by atoms with van der Waals surface area (Å²) in [6, 6.07) is 4.97. The minimum atomic E-state index is -0.987. The Kier molecular flexibility index (Phi) is 18.6. The summed E-state index contributed by atoms with van der Waals surface area (Å²) in [4.78, 5) is 97.1. The summed E-state index contributed by atoms with van der Waals surface area (Å²) in [5.74, 6) is -2.65. The third-order valence-corrected chi connectivity index (χ3v) is 12.7. The predicted octanol–water partition coefficient (Wildman–Crippen LogP) is 8.44. The van der Waals surface area contributed by atoms with Crippen LogP contribution in [0.25, 0.3) is 39.3 Å². The van der Waals surface area contributed by atoms with Crippen molar-refractivity contribution in [2.45, 2.75) is 150 Å². The molecule has 0 aliphatic carbocycles. The number of rotatable bonds is 18. The number of alkyl carbamates (subject to hydrolysis) is 2. The van der Waals surface area contributed by atoms with E-state index in [1.807, 2.05) is 32.1 Å². The number of amides is 4. The highest BCUT2D eigenvalue weighted by atomic mass is 16.6. The molecule has 0 spiro atoms. The molecule has 0 saturated carbocycles. The van der Waals surface area contributed by atoms with Gasteiger partial charge in [-0.2, -0.15) is 0 Å². The first-order chi connectivity index (χ1) is 33.9. The molecule has 0 fully saturated rings. The molecule has 0 aromatic carbocycles. The highest BCUT2D eigenvalue weighted by Crippen LogP contribution is 2.44. The molecule has 3 aromatic rings. The third-order valence-electron chi connectivity index (χ3n) is 12.7. The molecule has 18 nitrogen and oxygen atoms in total. The van der Waals surface area contributed by atoms with Gasteiger partial charge >= 0.3 is 24.1 Å². The van der Waals surface area contributed by atoms with E-state index in [1.165, 1.54) is 14.2 Å². The summed E-state index contributed by atoms with van der Waals surface area (Å²) in [6.45, 7) is 24.8. The molecule has 72 heavy (non-hydrogen) atoms. The average Bonchev–Trinajstić information content (AvgIpc) is 3.99. The van der Waals surface area contributed by atoms with Crippen molar-refractivity contribution in [2.75, 3.05) is 33.9 Å². The Bertz CT molecular complexity index is 2770. The smallest absolute Gasteiger partial charge is 0.408 e. The van der Waals surface area contributed by atoms with Crippen LogP contribution in [0.15, 0.2) is 24.8 Å². The van der Waals surface area contributed by atoms with Crippen LogP contribution < -0.4 is 21.3 Å². The number of fused-ring (bicyclic) bond motifs is 8. The molecular weight excluding hydrogens is 921 g/mol. The van der Waals surface area contributed by atoms with Crippen molar-refractivity contribution >= 4 is 75.2 Å². The van der Waals surface area contributed by atoms with E-state index < -0.39 is 59.1 Å². The number of nitrogens with one attached hydrogen (secondary N) is 6. The van der Waals surface area contributed by atoms with E-state index in [1.54, 1.807) is 48.5 Å². The second-order valence-corrected chi connectivity index (χ2v) is 20.2. The lowest BCUT2D eigenvalue weighted by Crippen LogP contribution is -2.49. The molecule has 0 saturated heterocycles. The number of carbonyl (C=O) groups is 6. The van der Waals surface area contributed by atoms with Crippen molar-refractivity contribution in [3.63, 3.8) is 0 Å². The van der Waals surface area contributed by atoms with Crippen LogP contribution >= 0.6 is 0 Å². The third kappa shape index (κ3) is 14.1. The molecular formula is C54H74N8O10. The minimum absolute atomic E-state index is 0.0142. The van der Waals surface area contributed by atoms with E-state index in [2.05, 4.69) is 57.7 Å². The largest absolute Gasteiger partial charge is 0.469 e. The van der Waals surface area contributed by atoms with Crippen LogP contribution in [0, 0.1) is 13.8 Å². The van der Waals surface area contributed by atoms with Crippen molar-refractivity contribution in [2.24, 2.45) is 0 Å². The topological polar surface area (TPSA) is 245 Å². The van der Waals surface area contributed by atoms with Gasteiger partial charge in [-0.3, -0.25) is 24.2 Å². The van der Waals surface area contributed by atoms with Crippen LogP contribution in [0.4, 0.5) is 9.59 Å². The molecule has 5 heterocycles. The molecule has 3 aromatic heterocycles. The first kappa shape index (κ1) is 55.9. The molecule has 5 rings (SSSR count). The van der Waals surface area contributed by atoms with Crippen molar-refractivity contribution in [1.29, 1.82) is 0 Å². The maximum atomic E-state index is 14.7. The number of hydrogen-bond donors (Lipinski definition) is 6. The van der Waals surface area contributed by atoms with Gasteiger partial charge in [0.05, 0.1) is 43.3 Å². The molecule has 8 bridgehead atoms. The second kappa shape index (κ2) is 24.0. The van der Waals surface area contributed by atoms with E-state index in [9.17, 15) is 28.8 Å². The van der Waals surface area contributed by atoms with Gasteiger partial charge in [0, 0.05) is 76.8 Å². The standard InChI is InChI=1S/C54H74N8O10/c1-15-33-29(3)38-26-40-31(5)35(20-21-44(63)69-13)47(60-40)36(25-45(64)70-14)48-46(32(6)41(61-48)28-43-34(16-2)30(4)39(59-43)27-42(33)58-38)50(66)56-24-23-55-49(65)37(62-52(68)72-54(10,11)12)19-17-18-22-57-51(67)71-53(7,8)9/h15,26-28,31,35,37,58-59H,1,16-25H2,2-14H3,(H,55,65)(H,56,66)(H,57,67)(H,62,68)/t31-,35-,37-/m0/s1. The maximum Gasteiger partial charge on any atom is 0.408 e. The molecule has 0 radical (unpaired) electrons. The minimum Gasteiger partial charge on any atom is -0.469 e. The molecule has 390 valence electrons. The van der Waals surface area contributed by atoms with E-state index in [0.29, 0.717) is 60.4 Å². The number of methoxy groups -OCH3 is 2. The fraction of sp³-hybridized carbons (Fsp3) is 0.519. The number of aromatic amines is 2. The number of unbranched alkanes of at least 4 members (excludes halogenated alkanes) is 1. The molecule has 2 aliphatic rings. The molecule has 2 aliphatic heterocycles. The van der Waals surface area contributed by atoms with E-state index in [-0.39, 0.29) is 49.5 Å². The Morgan fingerprint density at radius 1 is 0.764 bits per heavy atom. The van der Waals surface area contributed by atoms with Crippen LogP contribution in [-0.2, 0) is 51.0 Å². The summed E-state index contributed by atoms with van der Waals surface area (Å²) in [6.07, 6.45) is 2.51. The van der Waals surface area contributed by atoms with Crippen LogP contribution in [0.3, 0.4) is 0 Å². The average molecular weight is 995 g/mol. The highest BCUT2D eigenvalue weighted by Gasteiger charge is 2.36. The Morgan fingerprint density at radius 2 is 1.40 bits per heavy atom. The lowest BCUT2D eigenvalue weighted by molar-refractivity contribution is -0.141. The Labute approximate surface area is 422 Å². The summed E-state index contributed by atoms with van der Waals surface area (Å²) in [7, 11) is 2.62. The fourth-order valence-electron chi connectivity index (χ4n) is 8.97. The van der Waals surface area contributed by atoms with Crippen LogP contribution in [0.1, 0.15) is 157 Å². The Balaban J connectivity index is 1.56. The van der Waals surface area contributed by atoms with Crippen LogP contribution in [-0.4, -0.2) is 107 Å². The number of aromatic nitrogens is 4. The van der Waals surface area contributed by atoms with E-state index >= 15 is 0 Å². The van der Waals surface area contributed by atoms with Gasteiger partial charge < -0.3 is 50.2 Å². The number of hydrogen-bond acceptors (Lipinski definition) is 12. The van der Waals surface area contributed by atoms with Crippen molar-refractivity contribution in [1.82, 2.24) is 41.2 Å². The second-order valence-electron chi connectivity index (χ2n) is 20.2. The van der Waals surface area contributed by atoms with Gasteiger partial charge in [-0.1, -0.05) is 26.5 Å². The number of H-pyrrole nitrogens is 2. The summed E-state index contributed by atoms with van der Waals surface area (Å²) < 4.78 is 21.0. The normalized spacial score (nSPS) is 15.0. The van der Waals surface area contributed by atoms with Crippen molar-refractivity contribution in [3.8, 4) is 0 Å². The zero-order valence-corrected chi connectivity index (χ0v) is 44.3. The lowest BCUT2D eigenvalue weighted by Gasteiger charge is -2.23. The Hall–Kier alpha value is -6.98. The number of nitrogens with zero attached hydrogens (tertiary/aromatic N) is 2. The maximum absolute atomic E-state index is 14.7. The zero-order valence-electron chi connectivity index (χ0n) is 44.3. The van der Waals surface area contributed by atoms with Crippen molar-refractivity contribution < 1.29 is 47.7 Å². The number of carbonyl (C=O) groups excluding carboxylic acids is 6. The quantitative estimate of drug-likeness (QED) is 0.0399. The van der Waals surface area contributed by atoms with E-state index in [4.69, 9.17) is 28.9 Å². The summed E-state index contributed by atoms with van der Waals surface area (Å²) in [5, 5.41) is 11.1. The molecule has 0 unspecified atom stereocenters. The monoisotopic (exact) mass is 995 g/mol. The van der Waals surface area contributed by atoms with Gasteiger partial charge in [0.15, 0.2) is 0 Å². The Morgan fingerprint density at radius 3 is 2.04 bits per heavy atom. The summed E-state index contributed by atoms with van der Waals surface area (Å²) >= 11 is 0. The predicted molar refractivity (Wildman–Crippen MR) is 278 cm³/mol. The van der Waals surface area contributed by atoms with Crippen LogP contribution in [0.5, 0.6) is 0 Å². The molecule has 4 amide bonds. The van der Waals surface area contributed by atoms with E-state index in [0.717, 1.165) is 44.3 Å². The summed E-state index contributed by atoms with van der Waals surface area (Å²) in [5.41, 5.74) is 8.91. The first-order valence-corrected chi connectivity index (χ1v) is 24.7. The number of ether oxygens (including phenoxy) is 4. The van der Waals surface area contributed by atoms with Crippen molar-refractivity contribution in [3.05, 3.63) is 75.4 Å². The van der Waals surface area contributed by atoms with Gasteiger partial charge in [0.2, 0.25) is 5.91 Å². The van der Waals surface area contributed by atoms with Crippen LogP contribution in [0.2, 0.25) is 0 Å². The number of allylic oxidation sites excluding steroid dienone is 1. The van der Waals surface area contributed by atoms with Gasteiger partial charge in [0.25, 0.3) is 5.91 Å². The molecule has 18 heteroatoms. The fourth-order valence-corrected chi connectivity index (χ4v) is 8.97. The number of aryl methyl sites for hydroxylation is 3. The SMILES string of the molecule is C=Cc1c(C)c2cc3nc(c(CC(=O)OC)c4nc(cc5[nH]c(cc1[nH]2)c(C)c5CC)C(C)=C4C(=O)NCCNC(=O)[C@H](CCCCNC(=O)OC(C)(C)C)NC(=O)OC(C)(C)C)[C@@H](CCC(=O)OC)[C@@H]3C. The zero-order chi connectivity index (χ0) is 53.2. The lowest BCUT2D eigenvalue weighted by atomic mass is 9.84. The van der Waals surface area contributed by atoms with Gasteiger partial charge in [-0.15, -0.1) is 0 Å². The molecule has 3 atom stereocenters.